The number of nitrogens with one attached hydrogen (secondary N) is 2. The van der Waals surface area contributed by atoms with Gasteiger partial charge in [0.2, 0.25) is 5.95 Å². The van der Waals surface area contributed by atoms with Gasteiger partial charge < -0.3 is 16.4 Å². The number of halogens is 2. The molecule has 5 nitrogen and oxygen atoms in total. The smallest absolute Gasteiger partial charge is 0.223 e. The van der Waals surface area contributed by atoms with Crippen LogP contribution >= 0.6 is 23.2 Å². The maximum absolute atomic E-state index is 6.08. The summed E-state index contributed by atoms with van der Waals surface area (Å²) < 4.78 is 0. The average Bonchev–Trinajstić information content (AvgIpc) is 2.34. The minimum absolute atomic E-state index is 0.170. The summed E-state index contributed by atoms with van der Waals surface area (Å²) in [6, 6.07) is 6.99. The van der Waals surface area contributed by atoms with Crippen LogP contribution in [0.1, 0.15) is 6.92 Å². The summed E-state index contributed by atoms with van der Waals surface area (Å²) in [4.78, 5) is 8.15. The third kappa shape index (κ3) is 3.39. The van der Waals surface area contributed by atoms with Crippen molar-refractivity contribution >= 4 is 46.5 Å². The maximum atomic E-state index is 6.08. The van der Waals surface area contributed by atoms with Gasteiger partial charge in [0.1, 0.15) is 11.6 Å². The largest absolute Gasteiger partial charge is 0.370 e. The number of nitrogens with zero attached hydrogens (tertiary/aromatic N) is 2. The second-order valence-electron chi connectivity index (χ2n) is 3.75. The normalized spacial score (nSPS) is 10.3. The van der Waals surface area contributed by atoms with Crippen LogP contribution in [-0.4, -0.2) is 16.5 Å². The molecule has 1 aromatic carbocycles. The van der Waals surface area contributed by atoms with Crippen molar-refractivity contribution in [1.82, 2.24) is 9.97 Å². The molecule has 0 aliphatic carbocycles. The minimum Gasteiger partial charge on any atom is -0.370 e. The molecule has 1 aromatic heterocycles. The summed E-state index contributed by atoms with van der Waals surface area (Å²) in [7, 11) is 0. The summed E-state index contributed by atoms with van der Waals surface area (Å²) >= 11 is 12.2. The van der Waals surface area contributed by atoms with Gasteiger partial charge in [-0.2, -0.15) is 9.97 Å². The lowest BCUT2D eigenvalue weighted by Gasteiger charge is -2.11. The molecule has 100 valence electrons. The van der Waals surface area contributed by atoms with Crippen LogP contribution in [0.2, 0.25) is 10.0 Å². The molecule has 0 radical (unpaired) electrons. The maximum Gasteiger partial charge on any atom is 0.223 e. The molecule has 0 aliphatic rings. The summed E-state index contributed by atoms with van der Waals surface area (Å²) in [5, 5.41) is 7.13. The fraction of sp³-hybridized carbons (Fsp3) is 0.167. The van der Waals surface area contributed by atoms with E-state index >= 15 is 0 Å². The van der Waals surface area contributed by atoms with E-state index in [2.05, 4.69) is 20.6 Å². The summed E-state index contributed by atoms with van der Waals surface area (Å²) in [6.45, 7) is 2.71. The Morgan fingerprint density at radius 3 is 2.42 bits per heavy atom. The van der Waals surface area contributed by atoms with Crippen molar-refractivity contribution < 1.29 is 0 Å². The van der Waals surface area contributed by atoms with E-state index < -0.39 is 0 Å². The van der Waals surface area contributed by atoms with Gasteiger partial charge in [-0.05, 0) is 19.1 Å². The molecule has 2 aromatic rings. The molecular formula is C12H13Cl2N5. The molecule has 0 amide bonds. The van der Waals surface area contributed by atoms with Crippen molar-refractivity contribution in [2.45, 2.75) is 6.92 Å². The number of nitrogen functional groups attached to an aromatic ring is 1. The fourth-order valence-corrected chi connectivity index (χ4v) is 2.04. The first-order chi connectivity index (χ1) is 9.10. The van der Waals surface area contributed by atoms with Crippen LogP contribution in [0.3, 0.4) is 0 Å². The number of aromatic nitrogens is 2. The van der Waals surface area contributed by atoms with Gasteiger partial charge in [0, 0.05) is 12.6 Å². The van der Waals surface area contributed by atoms with Crippen LogP contribution in [0.4, 0.5) is 23.3 Å². The highest BCUT2D eigenvalue weighted by molar-refractivity contribution is 6.39. The van der Waals surface area contributed by atoms with Crippen molar-refractivity contribution in [2.75, 3.05) is 22.9 Å². The SMILES string of the molecule is CCNc1cc(Nc2c(Cl)cccc2Cl)nc(N)n1. The third-order valence-electron chi connectivity index (χ3n) is 2.32. The van der Waals surface area contributed by atoms with Gasteiger partial charge in [-0.1, -0.05) is 29.3 Å². The average molecular weight is 298 g/mol. The van der Waals surface area contributed by atoms with E-state index in [1.165, 1.54) is 0 Å². The van der Waals surface area contributed by atoms with Gasteiger partial charge in [0.25, 0.3) is 0 Å². The molecule has 7 heteroatoms. The van der Waals surface area contributed by atoms with E-state index in [0.717, 1.165) is 6.54 Å². The molecule has 0 saturated carbocycles. The fourth-order valence-electron chi connectivity index (χ4n) is 1.55. The van der Waals surface area contributed by atoms with Gasteiger partial charge in [-0.3, -0.25) is 0 Å². The number of anilines is 4. The highest BCUT2D eigenvalue weighted by atomic mass is 35.5. The highest BCUT2D eigenvalue weighted by Gasteiger charge is 2.08. The first kappa shape index (κ1) is 13.7. The van der Waals surface area contributed by atoms with Crippen LogP contribution in [0.15, 0.2) is 24.3 Å². The van der Waals surface area contributed by atoms with E-state index in [4.69, 9.17) is 28.9 Å². The quantitative estimate of drug-likeness (QED) is 0.805. The third-order valence-corrected chi connectivity index (χ3v) is 2.95. The number of para-hydroxylation sites is 1. The monoisotopic (exact) mass is 297 g/mol. The summed E-state index contributed by atoms with van der Waals surface area (Å²) in [5.41, 5.74) is 6.24. The van der Waals surface area contributed by atoms with E-state index in [9.17, 15) is 0 Å². The zero-order chi connectivity index (χ0) is 13.8. The standard InChI is InChI=1S/C12H13Cl2N5/c1-2-16-9-6-10(19-12(15)18-9)17-11-7(13)4-3-5-8(11)14/h3-6H,2H2,1H3,(H4,15,16,17,18,19). The first-order valence-corrected chi connectivity index (χ1v) is 6.45. The highest BCUT2D eigenvalue weighted by Crippen LogP contribution is 2.32. The number of nitrogens with two attached hydrogens (primary N) is 1. The topological polar surface area (TPSA) is 75.9 Å². The Morgan fingerprint density at radius 2 is 1.79 bits per heavy atom. The van der Waals surface area contributed by atoms with Crippen molar-refractivity contribution in [3.8, 4) is 0 Å². The van der Waals surface area contributed by atoms with E-state index in [-0.39, 0.29) is 5.95 Å². The Balaban J connectivity index is 2.33. The molecule has 0 spiro atoms. The van der Waals surface area contributed by atoms with Gasteiger partial charge in [0.15, 0.2) is 0 Å². The van der Waals surface area contributed by atoms with Crippen LogP contribution < -0.4 is 16.4 Å². The Labute approximate surface area is 121 Å². The zero-order valence-electron chi connectivity index (χ0n) is 10.2. The van der Waals surface area contributed by atoms with Crippen molar-refractivity contribution in [2.24, 2.45) is 0 Å². The van der Waals surface area contributed by atoms with Gasteiger partial charge in [0.05, 0.1) is 15.7 Å². The lowest BCUT2D eigenvalue weighted by atomic mass is 10.3. The van der Waals surface area contributed by atoms with E-state index in [1.807, 2.05) is 6.92 Å². The van der Waals surface area contributed by atoms with Crippen LogP contribution in [0, 0.1) is 0 Å². The molecule has 0 aliphatic heterocycles. The molecule has 0 fully saturated rings. The van der Waals surface area contributed by atoms with E-state index in [1.54, 1.807) is 24.3 Å². The molecule has 4 N–H and O–H groups in total. The molecule has 0 saturated heterocycles. The second-order valence-corrected chi connectivity index (χ2v) is 4.56. The number of hydrogen-bond donors (Lipinski definition) is 3. The lowest BCUT2D eigenvalue weighted by molar-refractivity contribution is 1.12. The Morgan fingerprint density at radius 1 is 1.16 bits per heavy atom. The van der Waals surface area contributed by atoms with Gasteiger partial charge in [-0.25, -0.2) is 0 Å². The van der Waals surface area contributed by atoms with E-state index in [0.29, 0.717) is 27.4 Å². The number of rotatable bonds is 4. The molecule has 19 heavy (non-hydrogen) atoms. The zero-order valence-corrected chi connectivity index (χ0v) is 11.8. The molecule has 0 atom stereocenters. The first-order valence-electron chi connectivity index (χ1n) is 5.69. The minimum atomic E-state index is 0.170. The predicted molar refractivity (Wildman–Crippen MR) is 80.4 cm³/mol. The van der Waals surface area contributed by atoms with Gasteiger partial charge >= 0.3 is 0 Å². The summed E-state index contributed by atoms with van der Waals surface area (Å²) in [5.74, 6) is 1.34. The second kappa shape index (κ2) is 5.95. The number of hydrogen-bond acceptors (Lipinski definition) is 5. The molecule has 1 heterocycles. The van der Waals surface area contributed by atoms with Crippen LogP contribution in [0.5, 0.6) is 0 Å². The molecule has 0 bridgehead atoms. The molecule has 0 unspecified atom stereocenters. The van der Waals surface area contributed by atoms with Crippen molar-refractivity contribution in [3.05, 3.63) is 34.3 Å². The number of benzene rings is 1. The molecule has 2 rings (SSSR count). The Kier molecular flexibility index (Phi) is 4.29. The predicted octanol–water partition coefficient (Wildman–Crippen LogP) is 3.54. The lowest BCUT2D eigenvalue weighted by Crippen LogP contribution is -2.06. The van der Waals surface area contributed by atoms with Crippen LogP contribution in [0.25, 0.3) is 0 Å². The molecular weight excluding hydrogens is 285 g/mol. The van der Waals surface area contributed by atoms with Crippen molar-refractivity contribution in [1.29, 1.82) is 0 Å². The van der Waals surface area contributed by atoms with Crippen LogP contribution in [-0.2, 0) is 0 Å². The van der Waals surface area contributed by atoms with Crippen molar-refractivity contribution in [3.63, 3.8) is 0 Å². The van der Waals surface area contributed by atoms with Gasteiger partial charge in [-0.15, -0.1) is 0 Å². The Hall–Kier alpha value is -1.72. The summed E-state index contributed by atoms with van der Waals surface area (Å²) in [6.07, 6.45) is 0. The Bertz CT molecular complexity index is 568.